The van der Waals surface area contributed by atoms with Gasteiger partial charge < -0.3 is 14.5 Å². The molecule has 1 heterocycles. The fourth-order valence-corrected chi connectivity index (χ4v) is 5.38. The van der Waals surface area contributed by atoms with Gasteiger partial charge in [0, 0.05) is 46.0 Å². The number of piperazine rings is 1. The van der Waals surface area contributed by atoms with Crippen molar-refractivity contribution in [2.24, 2.45) is 0 Å². The van der Waals surface area contributed by atoms with Crippen LogP contribution in [-0.4, -0.2) is 92.1 Å². The first kappa shape index (κ1) is 25.8. The van der Waals surface area contributed by atoms with Gasteiger partial charge in [0.2, 0.25) is 26.0 Å². The molecule has 0 unspecified atom stereocenters. The number of anilines is 2. The van der Waals surface area contributed by atoms with Crippen molar-refractivity contribution in [1.29, 1.82) is 0 Å². The Kier molecular flexibility index (Phi) is 7.74. The van der Waals surface area contributed by atoms with Gasteiger partial charge in [-0.3, -0.25) is 9.10 Å². The number of carbonyl (C=O) groups is 1. The minimum atomic E-state index is -3.77. The third-order valence-electron chi connectivity index (χ3n) is 5.65. The second-order valence-electron chi connectivity index (χ2n) is 8.12. The van der Waals surface area contributed by atoms with Gasteiger partial charge in [0.1, 0.15) is 12.3 Å². The lowest BCUT2D eigenvalue weighted by Crippen LogP contribution is -2.52. The second-order valence-corrected chi connectivity index (χ2v) is 12.2. The Bertz CT molecular complexity index is 1210. The maximum atomic E-state index is 13.0. The second kappa shape index (κ2) is 10.2. The summed E-state index contributed by atoms with van der Waals surface area (Å²) in [5.41, 5.74) is 1.25. The van der Waals surface area contributed by atoms with Crippen molar-refractivity contribution in [3.63, 3.8) is 0 Å². The third-order valence-corrected chi connectivity index (χ3v) is 8.62. The summed E-state index contributed by atoms with van der Waals surface area (Å²) < 4.78 is 56.7. The number of methoxy groups -OCH3 is 1. The van der Waals surface area contributed by atoms with E-state index in [1.807, 2.05) is 24.3 Å². The van der Waals surface area contributed by atoms with Crippen LogP contribution in [-0.2, 0) is 24.8 Å². The quantitative estimate of drug-likeness (QED) is 0.523. The molecular weight excluding hydrogens is 480 g/mol. The molecular formula is C22H30N4O6S2. The number of nitrogens with zero attached hydrogens (tertiary/aromatic N) is 4. The van der Waals surface area contributed by atoms with Gasteiger partial charge in [-0.15, -0.1) is 0 Å². The van der Waals surface area contributed by atoms with Gasteiger partial charge in [0.05, 0.1) is 23.9 Å². The van der Waals surface area contributed by atoms with E-state index in [0.29, 0.717) is 26.2 Å². The molecule has 186 valence electrons. The molecule has 0 saturated carbocycles. The molecule has 1 fully saturated rings. The molecule has 3 rings (SSSR count). The molecule has 0 spiro atoms. The Morgan fingerprint density at radius 2 is 1.47 bits per heavy atom. The lowest BCUT2D eigenvalue weighted by atomic mass is 10.2. The average Bonchev–Trinajstić information content (AvgIpc) is 2.82. The lowest BCUT2D eigenvalue weighted by Gasteiger charge is -2.37. The number of benzene rings is 2. The molecule has 0 aliphatic carbocycles. The number of carbonyl (C=O) groups excluding carboxylic acids is 1. The fourth-order valence-electron chi connectivity index (χ4n) is 3.63. The first-order chi connectivity index (χ1) is 15.9. The minimum Gasteiger partial charge on any atom is -0.497 e. The number of hydrogen-bond acceptors (Lipinski definition) is 7. The average molecular weight is 511 g/mol. The highest BCUT2D eigenvalue weighted by molar-refractivity contribution is 7.92. The smallest absolute Gasteiger partial charge is 0.243 e. The van der Waals surface area contributed by atoms with Gasteiger partial charge in [-0.1, -0.05) is 0 Å². The van der Waals surface area contributed by atoms with Crippen molar-refractivity contribution in [3.8, 4) is 5.75 Å². The fraction of sp³-hybridized carbons (Fsp3) is 0.409. The monoisotopic (exact) mass is 510 g/mol. The van der Waals surface area contributed by atoms with Crippen LogP contribution in [0.25, 0.3) is 0 Å². The van der Waals surface area contributed by atoms with Crippen molar-refractivity contribution in [1.82, 2.24) is 9.21 Å². The molecule has 12 heteroatoms. The van der Waals surface area contributed by atoms with Crippen molar-refractivity contribution in [2.45, 2.75) is 4.90 Å². The molecule has 0 radical (unpaired) electrons. The molecule has 2 aromatic rings. The maximum Gasteiger partial charge on any atom is 0.243 e. The van der Waals surface area contributed by atoms with Crippen molar-refractivity contribution in [2.75, 3.05) is 69.4 Å². The highest BCUT2D eigenvalue weighted by atomic mass is 32.2. The van der Waals surface area contributed by atoms with E-state index in [4.69, 9.17) is 4.74 Å². The van der Waals surface area contributed by atoms with E-state index < -0.39 is 20.0 Å². The lowest BCUT2D eigenvalue weighted by molar-refractivity contribution is -0.129. The number of rotatable bonds is 8. The Balaban J connectivity index is 1.68. The van der Waals surface area contributed by atoms with Gasteiger partial charge in [-0.2, -0.15) is 0 Å². The number of amides is 1. The summed E-state index contributed by atoms with van der Waals surface area (Å²) in [5, 5.41) is 0. The minimum absolute atomic E-state index is 0.0377. The highest BCUT2D eigenvalue weighted by Crippen LogP contribution is 2.23. The van der Waals surface area contributed by atoms with Gasteiger partial charge in [0.15, 0.2) is 0 Å². The summed E-state index contributed by atoms with van der Waals surface area (Å²) in [6, 6.07) is 13.1. The van der Waals surface area contributed by atoms with E-state index in [1.54, 1.807) is 12.0 Å². The summed E-state index contributed by atoms with van der Waals surface area (Å²) in [6.07, 6.45) is 1.02. The van der Waals surface area contributed by atoms with E-state index in [0.717, 1.165) is 26.3 Å². The highest BCUT2D eigenvalue weighted by Gasteiger charge is 2.27. The summed E-state index contributed by atoms with van der Waals surface area (Å²) in [5.74, 6) is 0.454. The molecule has 1 aliphatic heterocycles. The molecule has 0 N–H and O–H groups in total. The van der Waals surface area contributed by atoms with E-state index in [1.165, 1.54) is 38.4 Å². The SMILES string of the molecule is COc1ccc(N2CCN(C(=O)CN(c3ccc(S(=O)(=O)N(C)C)cc3)S(C)(=O)=O)CC2)cc1. The normalized spacial score (nSPS) is 14.9. The predicted octanol–water partition coefficient (Wildman–Crippen LogP) is 1.06. The summed E-state index contributed by atoms with van der Waals surface area (Å²) in [7, 11) is -2.98. The van der Waals surface area contributed by atoms with Crippen LogP contribution in [0.2, 0.25) is 0 Å². The van der Waals surface area contributed by atoms with Gasteiger partial charge in [-0.05, 0) is 48.5 Å². The van der Waals surface area contributed by atoms with Crippen molar-refractivity contribution < 1.29 is 26.4 Å². The summed E-state index contributed by atoms with van der Waals surface area (Å²) in [4.78, 5) is 16.8. The number of ether oxygens (including phenoxy) is 1. The van der Waals surface area contributed by atoms with E-state index in [9.17, 15) is 21.6 Å². The Morgan fingerprint density at radius 1 is 0.912 bits per heavy atom. The largest absolute Gasteiger partial charge is 0.497 e. The molecule has 0 atom stereocenters. The Hall–Kier alpha value is -2.83. The van der Waals surface area contributed by atoms with E-state index in [2.05, 4.69) is 4.90 Å². The first-order valence-electron chi connectivity index (χ1n) is 10.6. The van der Waals surface area contributed by atoms with Crippen LogP contribution in [0.1, 0.15) is 0 Å². The molecule has 1 saturated heterocycles. The van der Waals surface area contributed by atoms with Gasteiger partial charge in [-0.25, -0.2) is 21.1 Å². The predicted molar refractivity (Wildman–Crippen MR) is 131 cm³/mol. The molecule has 0 aromatic heterocycles. The van der Waals surface area contributed by atoms with Crippen LogP contribution >= 0.6 is 0 Å². The van der Waals surface area contributed by atoms with E-state index >= 15 is 0 Å². The molecule has 0 bridgehead atoms. The first-order valence-corrected chi connectivity index (χ1v) is 13.9. The van der Waals surface area contributed by atoms with Crippen LogP contribution in [0.3, 0.4) is 0 Å². The summed E-state index contributed by atoms with van der Waals surface area (Å²) >= 11 is 0. The zero-order valence-corrected chi connectivity index (χ0v) is 21.3. The van der Waals surface area contributed by atoms with Crippen molar-refractivity contribution in [3.05, 3.63) is 48.5 Å². The Labute approximate surface area is 201 Å². The number of sulfonamides is 2. The van der Waals surface area contributed by atoms with Crippen LogP contribution in [0, 0.1) is 0 Å². The molecule has 1 amide bonds. The van der Waals surface area contributed by atoms with Gasteiger partial charge in [0.25, 0.3) is 0 Å². The third kappa shape index (κ3) is 5.80. The Morgan fingerprint density at radius 3 is 1.94 bits per heavy atom. The van der Waals surface area contributed by atoms with Gasteiger partial charge >= 0.3 is 0 Å². The van der Waals surface area contributed by atoms with Crippen LogP contribution in [0.15, 0.2) is 53.4 Å². The van der Waals surface area contributed by atoms with Crippen LogP contribution in [0.4, 0.5) is 11.4 Å². The van der Waals surface area contributed by atoms with Crippen LogP contribution in [0.5, 0.6) is 5.75 Å². The molecule has 10 nitrogen and oxygen atoms in total. The topological polar surface area (TPSA) is 108 Å². The molecule has 2 aromatic carbocycles. The number of hydrogen-bond donors (Lipinski definition) is 0. The molecule has 34 heavy (non-hydrogen) atoms. The summed E-state index contributed by atoms with van der Waals surface area (Å²) in [6.45, 7) is 1.80. The zero-order valence-electron chi connectivity index (χ0n) is 19.7. The van der Waals surface area contributed by atoms with Crippen LogP contribution < -0.4 is 13.9 Å². The standard InChI is InChI=1S/C22H30N4O6S2/c1-23(2)34(30,31)21-11-7-19(8-12-21)26(33(4,28)29)17-22(27)25-15-13-24(14-16-25)18-5-9-20(32-3)10-6-18/h5-12H,13-17H2,1-4H3. The van der Waals surface area contributed by atoms with Crippen molar-refractivity contribution >= 4 is 37.3 Å². The zero-order chi connectivity index (χ0) is 25.1. The van der Waals surface area contributed by atoms with E-state index in [-0.39, 0.29) is 23.0 Å². The maximum absolute atomic E-state index is 13.0. The molecule has 1 aliphatic rings.